The molecule has 62 heavy (non-hydrogen) atoms. The SMILES string of the molecule is O=C(Nc1ccc(/C=C/c2ccc(NC(=O)c3cc(S(=O)(=O)O)c4cccnc4c3O)cc2S(=O)(=O)O)c(S(=O)(=O)O)c1)c1cc(S(=O)(=O)O)c2cccnc2c1O.[NaH].[NaH].[NaH].[NaH]. The van der Waals surface area contributed by atoms with E-state index in [4.69, 9.17) is 0 Å². The minimum absolute atomic E-state index is 0. The summed E-state index contributed by atoms with van der Waals surface area (Å²) in [5, 5.41) is 25.4. The summed E-state index contributed by atoms with van der Waals surface area (Å²) in [7, 11) is -20.1. The Balaban J connectivity index is 0.00000331. The number of fused-ring (bicyclic) bond motifs is 2. The van der Waals surface area contributed by atoms with Crippen molar-refractivity contribution in [2.24, 2.45) is 0 Å². The molecule has 0 bridgehead atoms. The molecule has 0 saturated heterocycles. The first-order valence-electron chi connectivity index (χ1n) is 15.7. The first-order valence-corrected chi connectivity index (χ1v) is 21.4. The number of aromatic nitrogens is 2. The van der Waals surface area contributed by atoms with E-state index in [-0.39, 0.29) is 163 Å². The van der Waals surface area contributed by atoms with Gasteiger partial charge in [0.25, 0.3) is 52.3 Å². The molecule has 4 aromatic carbocycles. The number of rotatable bonds is 10. The first kappa shape index (κ1) is 55.8. The van der Waals surface area contributed by atoms with Crippen molar-refractivity contribution in [3.63, 3.8) is 0 Å². The molecular formula is C34H28N4Na4O16S4. The maximum absolute atomic E-state index is 13.2. The Morgan fingerprint density at radius 3 is 1.11 bits per heavy atom. The van der Waals surface area contributed by atoms with Gasteiger partial charge in [0.15, 0.2) is 11.5 Å². The van der Waals surface area contributed by atoms with Crippen LogP contribution in [0.1, 0.15) is 31.8 Å². The van der Waals surface area contributed by atoms with Gasteiger partial charge in [-0.3, -0.25) is 37.8 Å². The van der Waals surface area contributed by atoms with Crippen LogP contribution >= 0.6 is 0 Å². The van der Waals surface area contributed by atoms with E-state index in [1.807, 2.05) is 0 Å². The number of aromatic hydroxyl groups is 2. The number of nitrogens with zero attached hydrogens (tertiary/aromatic N) is 2. The molecule has 6 aromatic rings. The minimum atomic E-state index is -5.11. The molecule has 20 nitrogen and oxygen atoms in total. The van der Waals surface area contributed by atoms with Crippen LogP contribution in [0.3, 0.4) is 0 Å². The van der Waals surface area contributed by atoms with Crippen molar-refractivity contribution in [3.8, 4) is 11.5 Å². The topological polar surface area (TPSA) is 342 Å². The van der Waals surface area contributed by atoms with E-state index in [1.165, 1.54) is 36.7 Å². The van der Waals surface area contributed by atoms with E-state index in [9.17, 15) is 71.7 Å². The Bertz CT molecular complexity index is 3050. The molecular weight excluding hydrogens is 941 g/mol. The summed E-state index contributed by atoms with van der Waals surface area (Å²) in [6, 6.07) is 12.2. The summed E-state index contributed by atoms with van der Waals surface area (Å²) in [5.74, 6) is -3.97. The van der Waals surface area contributed by atoms with Crippen LogP contribution in [0.15, 0.2) is 105 Å². The number of carbonyl (C=O) groups is 2. The van der Waals surface area contributed by atoms with Crippen molar-refractivity contribution >= 4 is 216 Å². The van der Waals surface area contributed by atoms with Crippen LogP contribution in [0.25, 0.3) is 34.0 Å². The molecule has 0 spiro atoms. The van der Waals surface area contributed by atoms with Crippen molar-refractivity contribution in [2.45, 2.75) is 19.6 Å². The second-order valence-corrected chi connectivity index (χ2v) is 17.5. The number of hydrogen-bond acceptors (Lipinski definition) is 14. The van der Waals surface area contributed by atoms with Crippen molar-refractivity contribution in [1.29, 1.82) is 0 Å². The molecule has 308 valence electrons. The van der Waals surface area contributed by atoms with Gasteiger partial charge in [0, 0.05) is 34.5 Å². The van der Waals surface area contributed by atoms with Crippen LogP contribution in [-0.4, -0.2) is 202 Å². The van der Waals surface area contributed by atoms with Gasteiger partial charge in [-0.2, -0.15) is 33.7 Å². The quantitative estimate of drug-likeness (QED) is 0.0544. The molecule has 2 amide bonds. The van der Waals surface area contributed by atoms with E-state index in [2.05, 4.69) is 20.6 Å². The van der Waals surface area contributed by atoms with Gasteiger partial charge in [0.05, 0.1) is 11.1 Å². The van der Waals surface area contributed by atoms with Crippen molar-refractivity contribution in [3.05, 3.63) is 107 Å². The number of hydrogen-bond donors (Lipinski definition) is 8. The fourth-order valence-electron chi connectivity index (χ4n) is 5.69. The molecule has 2 heterocycles. The summed E-state index contributed by atoms with van der Waals surface area (Å²) in [6.45, 7) is 0. The molecule has 0 unspecified atom stereocenters. The van der Waals surface area contributed by atoms with Crippen LogP contribution in [0.4, 0.5) is 11.4 Å². The number of carbonyl (C=O) groups excluding carboxylic acids is 2. The fraction of sp³-hybridized carbons (Fsp3) is 0. The number of benzene rings is 4. The molecule has 8 N–H and O–H groups in total. The van der Waals surface area contributed by atoms with Gasteiger partial charge in [0.2, 0.25) is 0 Å². The zero-order valence-corrected chi connectivity index (χ0v) is 31.8. The number of anilines is 2. The average molecular weight is 969 g/mol. The molecule has 0 radical (unpaired) electrons. The third kappa shape index (κ3) is 12.3. The van der Waals surface area contributed by atoms with Crippen LogP contribution in [0.5, 0.6) is 11.5 Å². The zero-order chi connectivity index (χ0) is 42.5. The molecule has 0 aliphatic carbocycles. The fourth-order valence-corrected chi connectivity index (χ4v) is 8.53. The summed E-state index contributed by atoms with van der Waals surface area (Å²) in [4.78, 5) is 30.8. The van der Waals surface area contributed by atoms with E-state index in [0.29, 0.717) is 12.1 Å². The first-order chi connectivity index (χ1) is 26.9. The number of pyridine rings is 2. The van der Waals surface area contributed by atoms with Crippen LogP contribution < -0.4 is 10.6 Å². The summed E-state index contributed by atoms with van der Waals surface area (Å²) < 4.78 is 137. The Morgan fingerprint density at radius 2 is 0.806 bits per heavy atom. The van der Waals surface area contributed by atoms with E-state index >= 15 is 0 Å². The predicted octanol–water partition coefficient (Wildman–Crippen LogP) is 1.26. The second kappa shape index (κ2) is 21.3. The molecule has 0 atom stereocenters. The van der Waals surface area contributed by atoms with Gasteiger partial charge >= 0.3 is 118 Å². The normalized spacial score (nSPS) is 11.7. The van der Waals surface area contributed by atoms with Gasteiger partial charge in [0.1, 0.15) is 30.6 Å². The van der Waals surface area contributed by atoms with Gasteiger partial charge in [-0.05, 0) is 71.8 Å². The second-order valence-electron chi connectivity index (χ2n) is 12.0. The number of phenolic OH excluding ortho intramolecular Hbond substituents is 2. The maximum atomic E-state index is 13.2. The standard InChI is InChI=1S/C34H24N4O16S4.4Na.4H/c39-31-23(15-27(57(49,50)51)21-3-1-11-35-29(21)31)33(41)37-19-9-7-17(25(13-19)55(43,44)45)5-6-18-8-10-20(14-26(18)56(46,47)48)38-34(42)24-16-28(58(52,53)54)22-4-2-12-36-30(22)32(24)40;;;;;;;;/h1-16,39-40H,(H,37,41)(H,38,42)(H,43,44,45)(H,46,47,48)(H,49,50,51)(H,52,53,54);;;;;;;;/b6-5+;;;;;;;;. The van der Waals surface area contributed by atoms with Gasteiger partial charge in [-0.1, -0.05) is 24.3 Å². The Hall–Kier alpha value is -2.38. The van der Waals surface area contributed by atoms with Crippen molar-refractivity contribution in [2.75, 3.05) is 10.6 Å². The van der Waals surface area contributed by atoms with Crippen LogP contribution in [-0.2, 0) is 40.5 Å². The monoisotopic (exact) mass is 968 g/mol. The molecule has 6 rings (SSSR count). The number of nitrogens with one attached hydrogen (secondary N) is 2. The van der Waals surface area contributed by atoms with Crippen molar-refractivity contribution in [1.82, 2.24) is 9.97 Å². The predicted molar refractivity (Wildman–Crippen MR) is 232 cm³/mol. The summed E-state index contributed by atoms with van der Waals surface area (Å²) >= 11 is 0. The Morgan fingerprint density at radius 1 is 0.484 bits per heavy atom. The third-order valence-electron chi connectivity index (χ3n) is 8.24. The summed E-state index contributed by atoms with van der Waals surface area (Å²) in [6.07, 6.45) is 4.34. The third-order valence-corrected chi connectivity index (χ3v) is 11.8. The number of amides is 2. The molecule has 28 heteroatoms. The van der Waals surface area contributed by atoms with E-state index < -0.39 is 94.5 Å². The van der Waals surface area contributed by atoms with Gasteiger partial charge in [-0.25, -0.2) is 0 Å². The molecule has 0 aliphatic rings. The number of phenols is 2. The average Bonchev–Trinajstić information content (AvgIpc) is 3.13. The van der Waals surface area contributed by atoms with Crippen LogP contribution in [0.2, 0.25) is 0 Å². The van der Waals surface area contributed by atoms with E-state index in [0.717, 1.165) is 48.6 Å². The van der Waals surface area contributed by atoms with Crippen LogP contribution in [0, 0.1) is 0 Å². The van der Waals surface area contributed by atoms with Gasteiger partial charge < -0.3 is 20.8 Å². The van der Waals surface area contributed by atoms with Gasteiger partial charge in [-0.15, -0.1) is 0 Å². The molecule has 2 aromatic heterocycles. The molecule has 0 aliphatic heterocycles. The molecule has 0 saturated carbocycles. The Kier molecular flexibility index (Phi) is 19.1. The van der Waals surface area contributed by atoms with Crippen molar-refractivity contribution < 1.29 is 71.7 Å². The van der Waals surface area contributed by atoms with E-state index in [1.54, 1.807) is 0 Å². The Labute approximate surface area is 440 Å². The summed E-state index contributed by atoms with van der Waals surface area (Å²) in [5.41, 5.74) is -3.36. The molecule has 0 fully saturated rings. The zero-order valence-electron chi connectivity index (χ0n) is 28.5.